The molecular formula is C11H16N2OS. The van der Waals surface area contributed by atoms with E-state index in [0.717, 1.165) is 49.9 Å². The van der Waals surface area contributed by atoms with Gasteiger partial charge < -0.3 is 4.98 Å². The lowest BCUT2D eigenvalue weighted by Gasteiger charge is -2.16. The predicted molar refractivity (Wildman–Crippen MR) is 62.8 cm³/mol. The molecule has 0 atom stereocenters. The molecule has 0 saturated heterocycles. The average molecular weight is 224 g/mol. The monoisotopic (exact) mass is 224 g/mol. The summed E-state index contributed by atoms with van der Waals surface area (Å²) in [6.45, 7) is 2.78. The van der Waals surface area contributed by atoms with Crippen molar-refractivity contribution in [3.8, 4) is 0 Å². The summed E-state index contributed by atoms with van der Waals surface area (Å²) in [6, 6.07) is 0. The van der Waals surface area contributed by atoms with Crippen LogP contribution in [0.3, 0.4) is 0 Å². The van der Waals surface area contributed by atoms with Crippen molar-refractivity contribution in [1.29, 1.82) is 0 Å². The van der Waals surface area contributed by atoms with Crippen LogP contribution in [0.4, 0.5) is 0 Å². The number of nitrogens with one attached hydrogen (secondary N) is 1. The third-order valence-corrected chi connectivity index (χ3v) is 3.24. The minimum atomic E-state index is 0.135. The van der Waals surface area contributed by atoms with Crippen LogP contribution in [0.15, 0.2) is 4.79 Å². The number of nitrogens with zero attached hydrogens (tertiary/aromatic N) is 1. The summed E-state index contributed by atoms with van der Waals surface area (Å²) < 4.78 is 2.28. The van der Waals surface area contributed by atoms with E-state index in [2.05, 4.69) is 11.9 Å². The Labute approximate surface area is 94.1 Å². The number of aryl methyl sites for hydroxylation is 1. The zero-order chi connectivity index (χ0) is 10.8. The molecule has 1 aromatic rings. The van der Waals surface area contributed by atoms with E-state index in [9.17, 15) is 4.79 Å². The molecule has 1 aliphatic rings. The molecule has 1 aromatic heterocycles. The lowest BCUT2D eigenvalue weighted by molar-refractivity contribution is 0.584. The van der Waals surface area contributed by atoms with Gasteiger partial charge in [-0.2, -0.15) is 0 Å². The molecule has 82 valence electrons. The van der Waals surface area contributed by atoms with E-state index in [0.29, 0.717) is 4.77 Å². The number of aromatic amines is 1. The van der Waals surface area contributed by atoms with Gasteiger partial charge in [-0.05, 0) is 44.3 Å². The maximum Gasteiger partial charge on any atom is 0.257 e. The van der Waals surface area contributed by atoms with E-state index < -0.39 is 0 Å². The SMILES string of the molecule is CCCn1c(=S)[nH]c2c(c1=O)CCCC2. The standard InChI is InChI=1S/C11H16N2OS/c1-2-7-13-10(14)8-5-3-4-6-9(8)12-11(13)15/h2-7H2,1H3,(H,12,15). The maximum absolute atomic E-state index is 12.1. The summed E-state index contributed by atoms with van der Waals surface area (Å²) >= 11 is 5.20. The highest BCUT2D eigenvalue weighted by atomic mass is 32.1. The van der Waals surface area contributed by atoms with Gasteiger partial charge in [0.25, 0.3) is 5.56 Å². The Hall–Kier alpha value is -0.900. The Balaban J connectivity index is 2.59. The number of fused-ring (bicyclic) bond motifs is 1. The van der Waals surface area contributed by atoms with E-state index >= 15 is 0 Å². The first-order chi connectivity index (χ1) is 7.24. The van der Waals surface area contributed by atoms with Crippen LogP contribution in [0.25, 0.3) is 0 Å². The number of H-pyrrole nitrogens is 1. The number of hydrogen-bond donors (Lipinski definition) is 1. The highest BCUT2D eigenvalue weighted by Gasteiger charge is 2.15. The van der Waals surface area contributed by atoms with Crippen LogP contribution < -0.4 is 5.56 Å². The average Bonchev–Trinajstić information content (AvgIpc) is 2.24. The molecule has 0 spiro atoms. The molecule has 0 unspecified atom stereocenters. The summed E-state index contributed by atoms with van der Waals surface area (Å²) in [4.78, 5) is 15.3. The van der Waals surface area contributed by atoms with E-state index in [1.807, 2.05) is 0 Å². The first-order valence-electron chi connectivity index (χ1n) is 5.59. The van der Waals surface area contributed by atoms with Crippen molar-refractivity contribution in [2.45, 2.75) is 45.6 Å². The van der Waals surface area contributed by atoms with Crippen molar-refractivity contribution >= 4 is 12.2 Å². The largest absolute Gasteiger partial charge is 0.335 e. The zero-order valence-corrected chi connectivity index (χ0v) is 9.82. The van der Waals surface area contributed by atoms with Gasteiger partial charge in [-0.15, -0.1) is 0 Å². The van der Waals surface area contributed by atoms with Gasteiger partial charge >= 0.3 is 0 Å². The molecule has 0 radical (unpaired) electrons. The van der Waals surface area contributed by atoms with Gasteiger partial charge in [0.15, 0.2) is 4.77 Å². The van der Waals surface area contributed by atoms with Gasteiger partial charge in [0.05, 0.1) is 0 Å². The van der Waals surface area contributed by atoms with Crippen LogP contribution in [0, 0.1) is 4.77 Å². The molecule has 0 amide bonds. The molecule has 0 saturated carbocycles. The van der Waals surface area contributed by atoms with Crippen LogP contribution in [-0.4, -0.2) is 9.55 Å². The lowest BCUT2D eigenvalue weighted by Crippen LogP contribution is -2.29. The van der Waals surface area contributed by atoms with Gasteiger partial charge in [-0.1, -0.05) is 6.92 Å². The quantitative estimate of drug-likeness (QED) is 0.782. The second kappa shape index (κ2) is 4.31. The van der Waals surface area contributed by atoms with Gasteiger partial charge in [0, 0.05) is 17.8 Å². The molecule has 1 aliphatic carbocycles. The highest BCUT2D eigenvalue weighted by Crippen LogP contribution is 2.15. The van der Waals surface area contributed by atoms with Crippen LogP contribution in [0.2, 0.25) is 0 Å². The molecule has 0 fully saturated rings. The van der Waals surface area contributed by atoms with E-state index in [-0.39, 0.29) is 5.56 Å². The first-order valence-corrected chi connectivity index (χ1v) is 5.99. The molecule has 0 bridgehead atoms. The lowest BCUT2D eigenvalue weighted by atomic mass is 9.97. The van der Waals surface area contributed by atoms with E-state index in [1.165, 1.54) is 0 Å². The summed E-state index contributed by atoms with van der Waals surface area (Å²) in [5.74, 6) is 0. The normalized spacial score (nSPS) is 15.0. The minimum absolute atomic E-state index is 0.135. The molecule has 2 rings (SSSR count). The van der Waals surface area contributed by atoms with Crippen LogP contribution in [0.1, 0.15) is 37.4 Å². The smallest absolute Gasteiger partial charge is 0.257 e. The van der Waals surface area contributed by atoms with Crippen molar-refractivity contribution in [3.63, 3.8) is 0 Å². The number of rotatable bonds is 2. The van der Waals surface area contributed by atoms with Crippen LogP contribution in [-0.2, 0) is 19.4 Å². The Morgan fingerprint density at radius 3 is 2.87 bits per heavy atom. The Kier molecular flexibility index (Phi) is 3.05. The van der Waals surface area contributed by atoms with E-state index in [1.54, 1.807) is 4.57 Å². The van der Waals surface area contributed by atoms with Gasteiger partial charge in [-0.25, -0.2) is 0 Å². The van der Waals surface area contributed by atoms with Crippen molar-refractivity contribution in [3.05, 3.63) is 26.4 Å². The topological polar surface area (TPSA) is 37.8 Å². The van der Waals surface area contributed by atoms with Crippen molar-refractivity contribution in [2.24, 2.45) is 0 Å². The molecule has 4 heteroatoms. The first kappa shape index (κ1) is 10.6. The molecule has 0 aromatic carbocycles. The van der Waals surface area contributed by atoms with Crippen molar-refractivity contribution in [1.82, 2.24) is 9.55 Å². The van der Waals surface area contributed by atoms with Gasteiger partial charge in [0.1, 0.15) is 0 Å². The van der Waals surface area contributed by atoms with Gasteiger partial charge in [-0.3, -0.25) is 9.36 Å². The third kappa shape index (κ3) is 1.91. The molecule has 15 heavy (non-hydrogen) atoms. The minimum Gasteiger partial charge on any atom is -0.335 e. The Morgan fingerprint density at radius 2 is 2.13 bits per heavy atom. The Bertz CT molecular complexity index is 472. The molecule has 1 N–H and O–H groups in total. The fraction of sp³-hybridized carbons (Fsp3) is 0.636. The predicted octanol–water partition coefficient (Wildman–Crippen LogP) is 2.19. The van der Waals surface area contributed by atoms with Crippen molar-refractivity contribution < 1.29 is 0 Å². The number of hydrogen-bond acceptors (Lipinski definition) is 2. The molecule has 0 aliphatic heterocycles. The zero-order valence-electron chi connectivity index (χ0n) is 9.01. The second-order valence-corrected chi connectivity index (χ2v) is 4.44. The molecule has 3 nitrogen and oxygen atoms in total. The summed E-state index contributed by atoms with van der Waals surface area (Å²) in [6.07, 6.45) is 5.11. The highest BCUT2D eigenvalue weighted by molar-refractivity contribution is 7.71. The summed E-state index contributed by atoms with van der Waals surface area (Å²) in [5.41, 5.74) is 2.17. The molecule has 1 heterocycles. The summed E-state index contributed by atoms with van der Waals surface area (Å²) in [5, 5.41) is 0. The van der Waals surface area contributed by atoms with Crippen molar-refractivity contribution in [2.75, 3.05) is 0 Å². The summed E-state index contributed by atoms with van der Waals surface area (Å²) in [7, 11) is 0. The maximum atomic E-state index is 12.1. The van der Waals surface area contributed by atoms with Gasteiger partial charge in [0.2, 0.25) is 0 Å². The fourth-order valence-electron chi connectivity index (χ4n) is 2.16. The fourth-order valence-corrected chi connectivity index (χ4v) is 2.46. The second-order valence-electron chi connectivity index (χ2n) is 4.05. The Morgan fingerprint density at radius 1 is 1.40 bits per heavy atom. The number of aromatic nitrogens is 2. The van der Waals surface area contributed by atoms with Crippen LogP contribution >= 0.6 is 12.2 Å². The third-order valence-electron chi connectivity index (χ3n) is 2.92. The van der Waals surface area contributed by atoms with E-state index in [4.69, 9.17) is 12.2 Å². The van der Waals surface area contributed by atoms with Crippen LogP contribution in [0.5, 0.6) is 0 Å². The molecular weight excluding hydrogens is 208 g/mol.